The number of thiophene rings is 1. The minimum absolute atomic E-state index is 0.0494. The van der Waals surface area contributed by atoms with Crippen LogP contribution in [0.3, 0.4) is 0 Å². The second-order valence-corrected chi connectivity index (χ2v) is 6.93. The van der Waals surface area contributed by atoms with Crippen LogP contribution in [0.15, 0.2) is 35.7 Å². The fourth-order valence-corrected chi connectivity index (χ4v) is 3.99. The highest BCUT2D eigenvalue weighted by Gasteiger charge is 2.31. The maximum atomic E-state index is 13.0. The van der Waals surface area contributed by atoms with Gasteiger partial charge in [0.05, 0.1) is 12.6 Å². The second kappa shape index (κ2) is 8.23. The quantitative estimate of drug-likeness (QED) is 0.800. The smallest absolute Gasteiger partial charge is 0.341 e. The van der Waals surface area contributed by atoms with E-state index < -0.39 is 12.6 Å². The van der Waals surface area contributed by atoms with Gasteiger partial charge in [-0.2, -0.15) is 0 Å². The van der Waals surface area contributed by atoms with E-state index in [0.29, 0.717) is 23.7 Å². The first-order valence-electron chi connectivity index (χ1n) is 8.56. The summed E-state index contributed by atoms with van der Waals surface area (Å²) in [6.45, 7) is 2.48. The van der Waals surface area contributed by atoms with Crippen molar-refractivity contribution in [3.8, 4) is 11.5 Å². The van der Waals surface area contributed by atoms with Crippen LogP contribution in [0.2, 0.25) is 0 Å². The molecular formula is C19H21NO5S. The van der Waals surface area contributed by atoms with Crippen LogP contribution in [-0.4, -0.2) is 41.6 Å². The summed E-state index contributed by atoms with van der Waals surface area (Å²) in [5.41, 5.74) is 0.514. The summed E-state index contributed by atoms with van der Waals surface area (Å²) in [4.78, 5) is 26.8. The maximum Gasteiger partial charge on any atom is 0.341 e. The van der Waals surface area contributed by atoms with Gasteiger partial charge in [0.25, 0.3) is 5.91 Å². The number of carboxylic acid groups (broad SMARTS) is 1. The van der Waals surface area contributed by atoms with E-state index in [1.54, 1.807) is 29.5 Å². The molecule has 1 aromatic carbocycles. The third-order valence-corrected chi connectivity index (χ3v) is 5.20. The van der Waals surface area contributed by atoms with Crippen LogP contribution in [0.25, 0.3) is 0 Å². The molecule has 1 aliphatic heterocycles. The third kappa shape index (κ3) is 3.99. The molecule has 2 aromatic rings. The molecule has 1 N–H and O–H groups in total. The van der Waals surface area contributed by atoms with E-state index >= 15 is 0 Å². The number of aliphatic carboxylic acids is 1. The average molecular weight is 375 g/mol. The number of carbonyl (C=O) groups excluding carboxylic acids is 1. The Hall–Kier alpha value is -2.54. The number of ether oxygens (including phenoxy) is 2. The van der Waals surface area contributed by atoms with Crippen LogP contribution in [0.4, 0.5) is 0 Å². The number of rotatable bonds is 7. The van der Waals surface area contributed by atoms with Crippen LogP contribution in [0.5, 0.6) is 11.5 Å². The van der Waals surface area contributed by atoms with Crippen LogP contribution >= 0.6 is 11.3 Å². The van der Waals surface area contributed by atoms with E-state index in [2.05, 4.69) is 6.07 Å². The van der Waals surface area contributed by atoms with Crippen molar-refractivity contribution >= 4 is 23.2 Å². The van der Waals surface area contributed by atoms with Gasteiger partial charge in [-0.25, -0.2) is 4.79 Å². The molecule has 2 heterocycles. The van der Waals surface area contributed by atoms with Gasteiger partial charge >= 0.3 is 5.97 Å². The topological polar surface area (TPSA) is 76.1 Å². The van der Waals surface area contributed by atoms with E-state index in [1.807, 2.05) is 23.3 Å². The largest absolute Gasteiger partial charge is 0.490 e. The van der Waals surface area contributed by atoms with Gasteiger partial charge in [-0.05, 0) is 49.4 Å². The van der Waals surface area contributed by atoms with Crippen LogP contribution in [0, 0.1) is 0 Å². The van der Waals surface area contributed by atoms with Crippen molar-refractivity contribution in [1.82, 2.24) is 4.90 Å². The number of carbonyl (C=O) groups is 2. The molecule has 1 aliphatic rings. The highest BCUT2D eigenvalue weighted by atomic mass is 32.1. The Labute approximate surface area is 156 Å². The summed E-state index contributed by atoms with van der Waals surface area (Å²) in [5, 5.41) is 10.8. The number of hydrogen-bond acceptors (Lipinski definition) is 5. The van der Waals surface area contributed by atoms with Gasteiger partial charge in [-0.3, -0.25) is 4.79 Å². The molecule has 0 unspecified atom stereocenters. The van der Waals surface area contributed by atoms with Crippen LogP contribution < -0.4 is 9.47 Å². The van der Waals surface area contributed by atoms with Gasteiger partial charge in [-0.15, -0.1) is 11.3 Å². The molecule has 0 bridgehead atoms. The lowest BCUT2D eigenvalue weighted by atomic mass is 10.1. The predicted molar refractivity (Wildman–Crippen MR) is 98.1 cm³/mol. The molecular weight excluding hydrogens is 354 g/mol. The Morgan fingerprint density at radius 3 is 2.81 bits per heavy atom. The Kier molecular flexibility index (Phi) is 5.78. The van der Waals surface area contributed by atoms with Crippen molar-refractivity contribution in [3.63, 3.8) is 0 Å². The first-order chi connectivity index (χ1) is 12.6. The fourth-order valence-electron chi connectivity index (χ4n) is 3.12. The van der Waals surface area contributed by atoms with Crippen molar-refractivity contribution in [2.24, 2.45) is 0 Å². The summed E-state index contributed by atoms with van der Waals surface area (Å²) in [5.74, 6) is -0.413. The molecule has 26 heavy (non-hydrogen) atoms. The van der Waals surface area contributed by atoms with E-state index in [4.69, 9.17) is 14.6 Å². The average Bonchev–Trinajstić information content (AvgIpc) is 3.31. The molecule has 1 saturated heterocycles. The molecule has 0 aliphatic carbocycles. The third-order valence-electron chi connectivity index (χ3n) is 4.23. The first kappa shape index (κ1) is 18.3. The predicted octanol–water partition coefficient (Wildman–Crippen LogP) is 3.59. The molecule has 1 aromatic heterocycles. The minimum Gasteiger partial charge on any atom is -0.490 e. The zero-order valence-corrected chi connectivity index (χ0v) is 15.3. The van der Waals surface area contributed by atoms with Crippen molar-refractivity contribution in [2.75, 3.05) is 19.8 Å². The zero-order chi connectivity index (χ0) is 18.5. The van der Waals surface area contributed by atoms with Gasteiger partial charge in [0.1, 0.15) is 0 Å². The molecule has 0 saturated carbocycles. The summed E-state index contributed by atoms with van der Waals surface area (Å²) in [6, 6.07) is 9.06. The van der Waals surface area contributed by atoms with E-state index in [0.717, 1.165) is 19.4 Å². The molecule has 7 heteroatoms. The van der Waals surface area contributed by atoms with Crippen molar-refractivity contribution in [2.45, 2.75) is 25.8 Å². The van der Waals surface area contributed by atoms with Gasteiger partial charge in [0.15, 0.2) is 18.1 Å². The highest BCUT2D eigenvalue weighted by molar-refractivity contribution is 7.10. The summed E-state index contributed by atoms with van der Waals surface area (Å²) in [6.07, 6.45) is 1.94. The molecule has 1 fully saturated rings. The lowest BCUT2D eigenvalue weighted by Crippen LogP contribution is -2.30. The van der Waals surface area contributed by atoms with Crippen LogP contribution in [0.1, 0.15) is 41.0 Å². The van der Waals surface area contributed by atoms with E-state index in [1.165, 1.54) is 4.88 Å². The normalized spacial score (nSPS) is 16.5. The van der Waals surface area contributed by atoms with E-state index in [-0.39, 0.29) is 11.9 Å². The van der Waals surface area contributed by atoms with Crippen molar-refractivity contribution in [3.05, 3.63) is 46.2 Å². The van der Waals surface area contributed by atoms with Crippen molar-refractivity contribution < 1.29 is 24.2 Å². The monoisotopic (exact) mass is 375 g/mol. The first-order valence-corrected chi connectivity index (χ1v) is 9.44. The highest BCUT2D eigenvalue weighted by Crippen LogP contribution is 2.36. The number of hydrogen-bond donors (Lipinski definition) is 1. The Bertz CT molecular complexity index is 774. The van der Waals surface area contributed by atoms with Gasteiger partial charge < -0.3 is 19.5 Å². The van der Waals surface area contributed by atoms with Crippen molar-refractivity contribution in [1.29, 1.82) is 0 Å². The molecule has 3 rings (SSSR count). The Morgan fingerprint density at radius 2 is 2.12 bits per heavy atom. The lowest BCUT2D eigenvalue weighted by molar-refractivity contribution is -0.139. The van der Waals surface area contributed by atoms with Crippen LogP contribution in [-0.2, 0) is 4.79 Å². The summed E-state index contributed by atoms with van der Waals surface area (Å²) in [7, 11) is 0. The number of nitrogens with zero attached hydrogens (tertiary/aromatic N) is 1. The fraction of sp³-hybridized carbons (Fsp3) is 0.368. The number of carboxylic acids is 1. The van der Waals surface area contributed by atoms with Gasteiger partial charge in [0.2, 0.25) is 0 Å². The maximum absolute atomic E-state index is 13.0. The minimum atomic E-state index is -1.07. The Morgan fingerprint density at radius 1 is 1.27 bits per heavy atom. The summed E-state index contributed by atoms with van der Waals surface area (Å²) >= 11 is 1.67. The summed E-state index contributed by atoms with van der Waals surface area (Å²) < 4.78 is 10.8. The number of amides is 1. The SMILES string of the molecule is CCOc1cc(C(=O)N2CCC[C@H]2c2cccs2)ccc1OCC(=O)O. The standard InChI is InChI=1S/C19H21NO5S/c1-2-24-16-11-13(7-8-15(16)25-12-18(21)22)19(23)20-9-3-5-14(20)17-6-4-10-26-17/h4,6-8,10-11,14H,2-3,5,9,12H2,1H3,(H,21,22)/t14-/m0/s1. The van der Waals surface area contributed by atoms with Gasteiger partial charge in [0, 0.05) is 17.0 Å². The van der Waals surface area contributed by atoms with E-state index in [9.17, 15) is 9.59 Å². The zero-order valence-electron chi connectivity index (χ0n) is 14.5. The number of benzene rings is 1. The molecule has 0 spiro atoms. The number of likely N-dealkylation sites (tertiary alicyclic amines) is 1. The molecule has 1 atom stereocenters. The molecule has 138 valence electrons. The van der Waals surface area contributed by atoms with Gasteiger partial charge in [-0.1, -0.05) is 6.07 Å². The molecule has 0 radical (unpaired) electrons. The molecule has 1 amide bonds. The molecule has 6 nitrogen and oxygen atoms in total. The lowest BCUT2D eigenvalue weighted by Gasteiger charge is -2.24. The Balaban J connectivity index is 1.82. The second-order valence-electron chi connectivity index (χ2n) is 5.95.